The van der Waals surface area contributed by atoms with Gasteiger partial charge in [0.15, 0.2) is 0 Å². The van der Waals surface area contributed by atoms with Crippen LogP contribution >= 0.6 is 0 Å². The first-order valence-corrected chi connectivity index (χ1v) is 6.09. The van der Waals surface area contributed by atoms with E-state index in [1.807, 2.05) is 6.07 Å². The van der Waals surface area contributed by atoms with Gasteiger partial charge in [-0.05, 0) is 18.9 Å². The zero-order valence-electron chi connectivity index (χ0n) is 9.98. The van der Waals surface area contributed by atoms with E-state index >= 15 is 0 Å². The lowest BCUT2D eigenvalue weighted by Gasteiger charge is -2.09. The van der Waals surface area contributed by atoms with Crippen molar-refractivity contribution in [1.29, 1.82) is 0 Å². The minimum absolute atomic E-state index is 0.117. The average Bonchev–Trinajstić information content (AvgIpc) is 2.29. The van der Waals surface area contributed by atoms with Crippen LogP contribution in [0.3, 0.4) is 0 Å². The summed E-state index contributed by atoms with van der Waals surface area (Å²) < 4.78 is 1.43. The lowest BCUT2D eigenvalue weighted by Crippen LogP contribution is -2.22. The molecule has 1 aromatic heterocycles. The summed E-state index contributed by atoms with van der Waals surface area (Å²) in [6, 6.07) is 5.16. The molecule has 0 unspecified atom stereocenters. The molecular weight excluding hydrogens is 202 g/mol. The molecule has 1 rings (SSSR count). The van der Waals surface area contributed by atoms with E-state index in [1.54, 1.807) is 6.07 Å². The van der Waals surface area contributed by atoms with Gasteiger partial charge in [-0.3, -0.25) is 9.36 Å². The predicted octanol–water partition coefficient (Wildman–Crippen LogP) is 2.31. The lowest BCUT2D eigenvalue weighted by molar-refractivity contribution is 0.202. The number of rotatable bonds is 7. The van der Waals surface area contributed by atoms with E-state index in [9.17, 15) is 4.79 Å². The second-order valence-corrected chi connectivity index (χ2v) is 4.09. The maximum atomic E-state index is 11.4. The molecule has 0 saturated heterocycles. The highest BCUT2D eigenvalue weighted by atomic mass is 16.3. The monoisotopic (exact) mass is 223 g/mol. The first kappa shape index (κ1) is 13.0. The highest BCUT2D eigenvalue weighted by Gasteiger charge is 2.01. The molecule has 3 heteroatoms. The number of hydrogen-bond acceptors (Lipinski definition) is 2. The Morgan fingerprint density at radius 1 is 1.19 bits per heavy atom. The van der Waals surface area contributed by atoms with Gasteiger partial charge in [0.2, 0.25) is 0 Å². The molecule has 0 aliphatic rings. The molecule has 0 bridgehead atoms. The van der Waals surface area contributed by atoms with E-state index in [0.717, 1.165) is 18.5 Å². The Morgan fingerprint density at radius 2 is 1.94 bits per heavy atom. The molecule has 0 aromatic carbocycles. The molecule has 0 fully saturated rings. The number of aromatic nitrogens is 1. The van der Waals surface area contributed by atoms with Crippen LogP contribution in [0, 0.1) is 0 Å². The molecule has 0 spiro atoms. The van der Waals surface area contributed by atoms with Crippen molar-refractivity contribution >= 4 is 0 Å². The van der Waals surface area contributed by atoms with Gasteiger partial charge in [0.25, 0.3) is 5.56 Å². The van der Waals surface area contributed by atoms with Gasteiger partial charge in [0.05, 0.1) is 0 Å². The maximum Gasteiger partial charge on any atom is 0.252 e. The average molecular weight is 223 g/mol. The summed E-state index contributed by atoms with van der Waals surface area (Å²) >= 11 is 0. The molecular formula is C13H21NO2. The van der Waals surface area contributed by atoms with Crippen LogP contribution in [0.25, 0.3) is 0 Å². The zero-order chi connectivity index (χ0) is 11.8. The van der Waals surface area contributed by atoms with Crippen molar-refractivity contribution in [1.82, 2.24) is 4.57 Å². The van der Waals surface area contributed by atoms with Crippen molar-refractivity contribution in [3.63, 3.8) is 0 Å². The Kier molecular flexibility index (Phi) is 5.86. The first-order chi connectivity index (χ1) is 7.79. The smallest absolute Gasteiger partial charge is 0.252 e. The van der Waals surface area contributed by atoms with Crippen molar-refractivity contribution in [2.45, 2.75) is 52.2 Å². The third-order valence-corrected chi connectivity index (χ3v) is 2.82. The molecule has 0 aliphatic heterocycles. The number of aliphatic hydroxyl groups is 1. The van der Waals surface area contributed by atoms with Crippen LogP contribution in [0.1, 0.15) is 44.7 Å². The number of aryl methyl sites for hydroxylation is 1. The lowest BCUT2D eigenvalue weighted by atomic mass is 10.1. The Labute approximate surface area is 96.7 Å². The zero-order valence-corrected chi connectivity index (χ0v) is 9.98. The van der Waals surface area contributed by atoms with E-state index in [0.29, 0.717) is 0 Å². The fourth-order valence-electron chi connectivity index (χ4n) is 1.85. The quantitative estimate of drug-likeness (QED) is 0.721. The molecule has 0 radical (unpaired) electrons. The molecule has 0 saturated carbocycles. The van der Waals surface area contributed by atoms with Gasteiger partial charge in [-0.1, -0.05) is 38.7 Å². The van der Waals surface area contributed by atoms with Crippen LogP contribution in [0.4, 0.5) is 0 Å². The Hall–Kier alpha value is -1.09. The molecule has 16 heavy (non-hydrogen) atoms. The van der Waals surface area contributed by atoms with Crippen molar-refractivity contribution in [3.05, 3.63) is 34.2 Å². The van der Waals surface area contributed by atoms with E-state index in [2.05, 4.69) is 6.92 Å². The summed E-state index contributed by atoms with van der Waals surface area (Å²) in [5, 5.41) is 9.10. The highest BCUT2D eigenvalue weighted by Crippen LogP contribution is 2.07. The number of unbranched alkanes of at least 4 members (excludes halogenated alkanes) is 4. The summed E-state index contributed by atoms with van der Waals surface area (Å²) in [7, 11) is 0. The van der Waals surface area contributed by atoms with E-state index < -0.39 is 0 Å². The molecule has 3 nitrogen and oxygen atoms in total. The molecule has 0 amide bonds. The second kappa shape index (κ2) is 7.23. The molecule has 1 aromatic rings. The van der Waals surface area contributed by atoms with Crippen LogP contribution in [-0.4, -0.2) is 9.67 Å². The minimum Gasteiger partial charge on any atom is -0.376 e. The Balaban J connectivity index is 2.47. The highest BCUT2D eigenvalue weighted by molar-refractivity contribution is 5.06. The number of nitrogens with zero attached hydrogens (tertiary/aromatic N) is 1. The van der Waals surface area contributed by atoms with Crippen LogP contribution in [-0.2, 0) is 13.2 Å². The van der Waals surface area contributed by atoms with Gasteiger partial charge in [0, 0.05) is 11.8 Å². The minimum atomic E-state index is -0.218. The van der Waals surface area contributed by atoms with Crippen LogP contribution in [0.5, 0.6) is 0 Å². The largest absolute Gasteiger partial charge is 0.376 e. The van der Waals surface area contributed by atoms with Crippen molar-refractivity contribution in [3.8, 4) is 0 Å². The summed E-state index contributed by atoms with van der Waals surface area (Å²) in [5.74, 6) is 0. The van der Waals surface area contributed by atoms with Gasteiger partial charge in [-0.25, -0.2) is 0 Å². The van der Waals surface area contributed by atoms with Gasteiger partial charge in [0.1, 0.15) is 6.73 Å². The van der Waals surface area contributed by atoms with Gasteiger partial charge in [-0.2, -0.15) is 0 Å². The van der Waals surface area contributed by atoms with E-state index in [-0.39, 0.29) is 12.3 Å². The first-order valence-electron chi connectivity index (χ1n) is 6.09. The number of aliphatic hydroxyl groups excluding tert-OH is 1. The van der Waals surface area contributed by atoms with Crippen molar-refractivity contribution < 1.29 is 5.11 Å². The Bertz CT molecular complexity index is 357. The van der Waals surface area contributed by atoms with Crippen LogP contribution in [0.15, 0.2) is 23.0 Å². The predicted molar refractivity (Wildman–Crippen MR) is 65.4 cm³/mol. The summed E-state index contributed by atoms with van der Waals surface area (Å²) in [5.41, 5.74) is 0.819. The third-order valence-electron chi connectivity index (χ3n) is 2.82. The molecule has 0 atom stereocenters. The van der Waals surface area contributed by atoms with Crippen LogP contribution in [0.2, 0.25) is 0 Å². The SMILES string of the molecule is CCCCCCCc1cccc(=O)n1CO. The third kappa shape index (κ3) is 3.81. The summed E-state index contributed by atoms with van der Waals surface area (Å²) in [4.78, 5) is 11.4. The van der Waals surface area contributed by atoms with Crippen molar-refractivity contribution in [2.75, 3.05) is 0 Å². The molecule has 0 aliphatic carbocycles. The standard InChI is InChI=1S/C13H21NO2/c1-2-3-4-5-6-8-12-9-7-10-13(16)14(12)11-15/h7,9-10,15H,2-6,8,11H2,1H3. The molecule has 90 valence electrons. The molecule has 1 N–H and O–H groups in total. The number of hydrogen-bond donors (Lipinski definition) is 1. The maximum absolute atomic E-state index is 11.4. The normalized spacial score (nSPS) is 10.6. The molecule has 1 heterocycles. The van der Waals surface area contributed by atoms with Crippen LogP contribution < -0.4 is 5.56 Å². The number of pyridine rings is 1. The van der Waals surface area contributed by atoms with Gasteiger partial charge < -0.3 is 5.11 Å². The van der Waals surface area contributed by atoms with E-state index in [4.69, 9.17) is 5.11 Å². The second-order valence-electron chi connectivity index (χ2n) is 4.09. The Morgan fingerprint density at radius 3 is 2.62 bits per heavy atom. The van der Waals surface area contributed by atoms with Crippen molar-refractivity contribution in [2.24, 2.45) is 0 Å². The summed E-state index contributed by atoms with van der Waals surface area (Å²) in [6.45, 7) is 1.98. The fourth-order valence-corrected chi connectivity index (χ4v) is 1.85. The van der Waals surface area contributed by atoms with E-state index in [1.165, 1.54) is 36.3 Å². The summed E-state index contributed by atoms with van der Waals surface area (Å²) in [6.07, 6.45) is 6.94. The fraction of sp³-hybridized carbons (Fsp3) is 0.615. The van der Waals surface area contributed by atoms with Gasteiger partial charge >= 0.3 is 0 Å². The van der Waals surface area contributed by atoms with Gasteiger partial charge in [-0.15, -0.1) is 0 Å². The topological polar surface area (TPSA) is 42.2 Å².